The van der Waals surface area contributed by atoms with Crippen molar-refractivity contribution in [1.82, 2.24) is 0 Å². The van der Waals surface area contributed by atoms with E-state index in [4.69, 9.17) is 0 Å². The summed E-state index contributed by atoms with van der Waals surface area (Å²) >= 11 is 2.43. The Morgan fingerprint density at radius 2 is 1.54 bits per heavy atom. The average Bonchev–Trinajstić information content (AvgIpc) is 2.16. The molecule has 0 aromatic rings. The lowest BCUT2D eigenvalue weighted by Gasteiger charge is -1.89. The number of halogens is 1. The second-order valence-electron chi connectivity index (χ2n) is 3.18. The predicted molar refractivity (Wildman–Crippen MR) is 70.5 cm³/mol. The molecule has 0 saturated carbocycles. The predicted octanol–water partition coefficient (Wildman–Crippen LogP) is 4.89. The van der Waals surface area contributed by atoms with Crippen LogP contribution in [-0.2, 0) is 0 Å². The Morgan fingerprint density at radius 1 is 0.923 bits per heavy atom. The third-order valence-corrected chi connectivity index (χ3v) is 2.62. The van der Waals surface area contributed by atoms with Crippen molar-refractivity contribution in [2.75, 3.05) is 4.43 Å². The van der Waals surface area contributed by atoms with Gasteiger partial charge < -0.3 is 0 Å². The number of rotatable bonds is 8. The van der Waals surface area contributed by atoms with E-state index in [1.807, 2.05) is 0 Å². The van der Waals surface area contributed by atoms with Crippen LogP contribution in [0.1, 0.15) is 45.4 Å². The maximum atomic E-state index is 2.43. The molecule has 0 bridgehead atoms. The molecule has 0 aromatic carbocycles. The van der Waals surface area contributed by atoms with Crippen LogP contribution in [0.25, 0.3) is 0 Å². The Labute approximate surface area is 96.6 Å². The molecular weight excluding hydrogens is 271 g/mol. The van der Waals surface area contributed by atoms with Gasteiger partial charge in [-0.3, -0.25) is 0 Å². The lowest BCUT2D eigenvalue weighted by Crippen LogP contribution is -1.72. The Kier molecular flexibility index (Phi) is 12.4. The van der Waals surface area contributed by atoms with Gasteiger partial charge in [0, 0.05) is 0 Å². The van der Waals surface area contributed by atoms with E-state index in [0.717, 1.165) is 0 Å². The van der Waals surface area contributed by atoms with Gasteiger partial charge in [0.25, 0.3) is 0 Å². The highest BCUT2D eigenvalue weighted by Crippen LogP contribution is 2.00. The first-order valence-corrected chi connectivity index (χ1v) is 6.82. The molecule has 0 fully saturated rings. The van der Waals surface area contributed by atoms with Crippen molar-refractivity contribution in [3.05, 3.63) is 24.3 Å². The number of allylic oxidation sites excluding steroid dienone is 4. The summed E-state index contributed by atoms with van der Waals surface area (Å²) in [4.78, 5) is 0. The molecule has 0 nitrogen and oxygen atoms in total. The fraction of sp³-hybridized carbons (Fsp3) is 0.667. The van der Waals surface area contributed by atoms with Gasteiger partial charge in [-0.2, -0.15) is 0 Å². The van der Waals surface area contributed by atoms with Crippen LogP contribution in [0.2, 0.25) is 0 Å². The van der Waals surface area contributed by atoms with Gasteiger partial charge in [0.05, 0.1) is 0 Å². The van der Waals surface area contributed by atoms with Crippen LogP contribution in [0.3, 0.4) is 0 Å². The van der Waals surface area contributed by atoms with Crippen LogP contribution in [0, 0.1) is 0 Å². The minimum Gasteiger partial charge on any atom is -0.0864 e. The second-order valence-corrected chi connectivity index (χ2v) is 4.26. The van der Waals surface area contributed by atoms with Crippen LogP contribution in [0.4, 0.5) is 0 Å². The molecule has 0 aliphatic heterocycles. The molecule has 0 aromatic heterocycles. The molecule has 0 aliphatic carbocycles. The first-order valence-electron chi connectivity index (χ1n) is 5.29. The van der Waals surface area contributed by atoms with Crippen molar-refractivity contribution < 1.29 is 0 Å². The average molecular weight is 292 g/mol. The Balaban J connectivity index is 3.15. The van der Waals surface area contributed by atoms with Crippen molar-refractivity contribution in [3.63, 3.8) is 0 Å². The Hall–Kier alpha value is 0.210. The molecule has 76 valence electrons. The van der Waals surface area contributed by atoms with Crippen molar-refractivity contribution in [1.29, 1.82) is 0 Å². The zero-order valence-electron chi connectivity index (χ0n) is 8.64. The quantitative estimate of drug-likeness (QED) is 0.258. The van der Waals surface area contributed by atoms with Gasteiger partial charge in [0.1, 0.15) is 0 Å². The fourth-order valence-corrected chi connectivity index (χ4v) is 1.57. The molecular formula is C12H21I. The molecule has 0 N–H and O–H groups in total. The summed E-state index contributed by atoms with van der Waals surface area (Å²) in [5, 5.41) is 0. The second kappa shape index (κ2) is 12.2. The number of hydrogen-bond acceptors (Lipinski definition) is 0. The molecule has 1 heteroatoms. The van der Waals surface area contributed by atoms with Gasteiger partial charge in [0.15, 0.2) is 0 Å². The van der Waals surface area contributed by atoms with Gasteiger partial charge in [-0.05, 0) is 30.1 Å². The summed E-state index contributed by atoms with van der Waals surface area (Å²) in [6.07, 6.45) is 16.7. The maximum Gasteiger partial charge on any atom is -0.000462 e. The number of alkyl halides is 1. The first-order chi connectivity index (χ1) is 6.41. The molecule has 0 spiro atoms. The van der Waals surface area contributed by atoms with Crippen molar-refractivity contribution >= 4 is 22.6 Å². The van der Waals surface area contributed by atoms with Crippen LogP contribution < -0.4 is 0 Å². The standard InChI is InChI=1S/C12H21I/c1-2-3-4-5-6-7-8-9-10-11-12-13/h5-8H,2-4,9-12H2,1H3/b6-5-,8-7-. The first kappa shape index (κ1) is 13.2. The van der Waals surface area contributed by atoms with Crippen molar-refractivity contribution in [3.8, 4) is 0 Å². The summed E-state index contributed by atoms with van der Waals surface area (Å²) in [6, 6.07) is 0. The molecule has 0 amide bonds. The van der Waals surface area contributed by atoms with Gasteiger partial charge in [-0.15, -0.1) is 0 Å². The van der Waals surface area contributed by atoms with E-state index >= 15 is 0 Å². The molecule has 0 aliphatic rings. The Bertz CT molecular complexity index is 136. The third-order valence-electron chi connectivity index (χ3n) is 1.86. The molecule has 0 saturated heterocycles. The highest BCUT2D eigenvalue weighted by molar-refractivity contribution is 14.1. The van der Waals surface area contributed by atoms with Gasteiger partial charge >= 0.3 is 0 Å². The van der Waals surface area contributed by atoms with E-state index in [-0.39, 0.29) is 0 Å². The molecule has 0 rings (SSSR count). The normalized spacial score (nSPS) is 11.8. The fourth-order valence-electron chi connectivity index (χ4n) is 1.03. The van der Waals surface area contributed by atoms with Gasteiger partial charge in [-0.1, -0.05) is 66.7 Å². The van der Waals surface area contributed by atoms with Crippen LogP contribution in [-0.4, -0.2) is 4.43 Å². The lowest BCUT2D eigenvalue weighted by molar-refractivity contribution is 0.814. The number of unbranched alkanes of at least 4 members (excludes halogenated alkanes) is 4. The molecule has 0 radical (unpaired) electrons. The van der Waals surface area contributed by atoms with E-state index in [0.29, 0.717) is 0 Å². The highest BCUT2D eigenvalue weighted by atomic mass is 127. The lowest BCUT2D eigenvalue weighted by atomic mass is 10.2. The zero-order valence-corrected chi connectivity index (χ0v) is 10.8. The van der Waals surface area contributed by atoms with Crippen LogP contribution in [0.5, 0.6) is 0 Å². The highest BCUT2D eigenvalue weighted by Gasteiger charge is 1.80. The minimum absolute atomic E-state index is 1.23. The minimum atomic E-state index is 1.23. The van der Waals surface area contributed by atoms with E-state index in [1.54, 1.807) is 0 Å². The summed E-state index contributed by atoms with van der Waals surface area (Å²) in [6.45, 7) is 2.23. The van der Waals surface area contributed by atoms with E-state index in [9.17, 15) is 0 Å². The van der Waals surface area contributed by atoms with Gasteiger partial charge in [0.2, 0.25) is 0 Å². The van der Waals surface area contributed by atoms with Crippen molar-refractivity contribution in [2.24, 2.45) is 0 Å². The van der Waals surface area contributed by atoms with E-state index in [2.05, 4.69) is 53.8 Å². The topological polar surface area (TPSA) is 0 Å². The summed E-state index contributed by atoms with van der Waals surface area (Å²) in [5.74, 6) is 0. The van der Waals surface area contributed by atoms with Crippen molar-refractivity contribution in [2.45, 2.75) is 45.4 Å². The monoisotopic (exact) mass is 292 g/mol. The largest absolute Gasteiger partial charge is 0.0864 e. The SMILES string of the molecule is CCCC/C=C\C=C/CCCCI. The van der Waals surface area contributed by atoms with Crippen LogP contribution >= 0.6 is 22.6 Å². The van der Waals surface area contributed by atoms with Crippen LogP contribution in [0.15, 0.2) is 24.3 Å². The third kappa shape index (κ3) is 12.2. The van der Waals surface area contributed by atoms with E-state index < -0.39 is 0 Å². The smallest absolute Gasteiger partial charge is 0.000462 e. The summed E-state index contributed by atoms with van der Waals surface area (Å²) in [5.41, 5.74) is 0. The zero-order chi connectivity index (χ0) is 9.78. The van der Waals surface area contributed by atoms with E-state index in [1.165, 1.54) is 43.0 Å². The molecule has 13 heavy (non-hydrogen) atoms. The summed E-state index contributed by atoms with van der Waals surface area (Å²) in [7, 11) is 0. The Morgan fingerprint density at radius 3 is 2.08 bits per heavy atom. The molecule has 0 atom stereocenters. The summed E-state index contributed by atoms with van der Waals surface area (Å²) < 4.78 is 1.29. The number of hydrogen-bond donors (Lipinski definition) is 0. The van der Waals surface area contributed by atoms with Gasteiger partial charge in [-0.25, -0.2) is 0 Å². The molecule has 0 heterocycles. The maximum absolute atomic E-state index is 2.43. The molecule has 0 unspecified atom stereocenters.